The molecule has 5 aromatic rings. The van der Waals surface area contributed by atoms with Crippen molar-refractivity contribution in [2.24, 2.45) is 0 Å². The highest BCUT2D eigenvalue weighted by molar-refractivity contribution is 7.13. The van der Waals surface area contributed by atoms with Gasteiger partial charge in [0.05, 0.1) is 23.0 Å². The number of benzene rings is 2. The number of nitrogens with zero attached hydrogens (tertiary/aromatic N) is 3. The fourth-order valence-corrected chi connectivity index (χ4v) is 3.86. The van der Waals surface area contributed by atoms with Crippen LogP contribution in [0.1, 0.15) is 5.69 Å². The van der Waals surface area contributed by atoms with Crippen LogP contribution in [0.25, 0.3) is 11.0 Å². The molecule has 3 aromatic heterocycles. The molecule has 0 unspecified atom stereocenters. The number of rotatable bonds is 7. The van der Waals surface area contributed by atoms with Crippen molar-refractivity contribution in [1.82, 2.24) is 15.0 Å². The van der Waals surface area contributed by atoms with Gasteiger partial charge in [-0.3, -0.25) is 10.1 Å². The summed E-state index contributed by atoms with van der Waals surface area (Å²) >= 11 is 1.36. The van der Waals surface area contributed by atoms with Gasteiger partial charge in [0.25, 0.3) is 0 Å². The number of aryl methyl sites for hydroxylation is 1. The summed E-state index contributed by atoms with van der Waals surface area (Å²) in [7, 11) is 0. The second kappa shape index (κ2) is 9.08. The lowest BCUT2D eigenvalue weighted by atomic mass is 10.3. The number of imidazole rings is 1. The molecule has 0 atom stereocenters. The van der Waals surface area contributed by atoms with Crippen molar-refractivity contribution in [2.45, 2.75) is 6.92 Å². The standard InChI is InChI=1S/C23H18N6O4S/c1-14-12-34-23(24-14)28-22(31)25-15-4-6-16(7-5-15)33-17-8-9-18-19(11-17)27-21(26-18)29(13-30)20-3-2-10-32-20/h2-13H,1H3,(H,26,27)(H2,24,25,28,31). The lowest BCUT2D eigenvalue weighted by molar-refractivity contribution is -0.107. The zero-order valence-corrected chi connectivity index (χ0v) is 18.6. The van der Waals surface area contributed by atoms with Crippen LogP contribution in [0.5, 0.6) is 11.5 Å². The van der Waals surface area contributed by atoms with Crippen molar-refractivity contribution in [1.29, 1.82) is 0 Å². The number of hydrogen-bond donors (Lipinski definition) is 3. The van der Waals surface area contributed by atoms with Crippen LogP contribution in [-0.2, 0) is 4.79 Å². The Balaban J connectivity index is 1.25. The molecule has 0 saturated heterocycles. The second-order valence-electron chi connectivity index (χ2n) is 7.17. The number of carbonyl (C=O) groups is 2. The van der Waals surface area contributed by atoms with Crippen molar-refractivity contribution in [3.8, 4) is 11.5 Å². The van der Waals surface area contributed by atoms with E-state index >= 15 is 0 Å². The van der Waals surface area contributed by atoms with Crippen LogP contribution in [0, 0.1) is 6.92 Å². The number of thiazole rings is 1. The van der Waals surface area contributed by atoms with Crippen LogP contribution in [0.3, 0.4) is 0 Å². The van der Waals surface area contributed by atoms with E-state index in [9.17, 15) is 9.59 Å². The van der Waals surface area contributed by atoms with Crippen LogP contribution in [0.15, 0.2) is 70.7 Å². The number of H-pyrrole nitrogens is 1. The molecule has 0 saturated carbocycles. The van der Waals surface area contributed by atoms with Crippen LogP contribution in [0.4, 0.5) is 27.4 Å². The van der Waals surface area contributed by atoms with Gasteiger partial charge in [0, 0.05) is 23.2 Å². The Bertz CT molecular complexity index is 1440. The minimum absolute atomic E-state index is 0.332. The van der Waals surface area contributed by atoms with Crippen LogP contribution in [0.2, 0.25) is 0 Å². The number of fused-ring (bicyclic) bond motifs is 1. The Morgan fingerprint density at radius 2 is 1.94 bits per heavy atom. The summed E-state index contributed by atoms with van der Waals surface area (Å²) in [4.78, 5) is 36.7. The highest BCUT2D eigenvalue weighted by Crippen LogP contribution is 2.29. The smallest absolute Gasteiger partial charge is 0.325 e. The molecule has 0 aliphatic rings. The molecule has 0 radical (unpaired) electrons. The zero-order valence-electron chi connectivity index (χ0n) is 17.8. The minimum atomic E-state index is -0.373. The Kier molecular flexibility index (Phi) is 5.67. The van der Waals surface area contributed by atoms with Crippen molar-refractivity contribution < 1.29 is 18.7 Å². The molecular formula is C23H18N6O4S. The van der Waals surface area contributed by atoms with Gasteiger partial charge >= 0.3 is 6.03 Å². The first-order valence-corrected chi connectivity index (χ1v) is 11.0. The quantitative estimate of drug-likeness (QED) is 0.262. The molecule has 0 aliphatic carbocycles. The average molecular weight is 475 g/mol. The van der Waals surface area contributed by atoms with Crippen LogP contribution >= 0.6 is 11.3 Å². The van der Waals surface area contributed by atoms with E-state index in [1.165, 1.54) is 22.5 Å². The first-order valence-electron chi connectivity index (χ1n) is 10.1. The maximum absolute atomic E-state index is 12.1. The number of urea groups is 1. The summed E-state index contributed by atoms with van der Waals surface area (Å²) in [5.41, 5.74) is 2.82. The van der Waals surface area contributed by atoms with Gasteiger partial charge in [0.15, 0.2) is 5.13 Å². The first kappa shape index (κ1) is 21.2. The molecule has 0 fully saturated rings. The molecule has 2 aromatic carbocycles. The van der Waals surface area contributed by atoms with Crippen molar-refractivity contribution in [2.75, 3.05) is 15.5 Å². The summed E-state index contributed by atoms with van der Waals surface area (Å²) in [6.45, 7) is 1.86. The number of amides is 3. The van der Waals surface area contributed by atoms with E-state index in [0.29, 0.717) is 46.1 Å². The fourth-order valence-electron chi connectivity index (χ4n) is 3.18. The number of aromatic nitrogens is 3. The molecule has 0 spiro atoms. The van der Waals surface area contributed by atoms with E-state index in [2.05, 4.69) is 25.6 Å². The molecule has 11 heteroatoms. The number of aromatic amines is 1. The number of ether oxygens (including phenoxy) is 1. The second-order valence-corrected chi connectivity index (χ2v) is 8.02. The van der Waals surface area contributed by atoms with E-state index in [0.717, 1.165) is 11.2 Å². The number of anilines is 4. The van der Waals surface area contributed by atoms with Gasteiger partial charge in [-0.15, -0.1) is 11.3 Å². The molecule has 3 N–H and O–H groups in total. The Morgan fingerprint density at radius 3 is 2.65 bits per heavy atom. The maximum atomic E-state index is 12.1. The third-order valence-electron chi connectivity index (χ3n) is 4.71. The highest BCUT2D eigenvalue weighted by Gasteiger charge is 2.15. The van der Waals surface area contributed by atoms with Crippen LogP contribution < -0.4 is 20.3 Å². The molecule has 0 bridgehead atoms. The third-order valence-corrected chi connectivity index (χ3v) is 5.58. The molecule has 5 rings (SSSR count). The molecule has 170 valence electrons. The van der Waals surface area contributed by atoms with Gasteiger partial charge in [-0.05, 0) is 49.4 Å². The predicted molar refractivity (Wildman–Crippen MR) is 129 cm³/mol. The highest BCUT2D eigenvalue weighted by atomic mass is 32.1. The van der Waals surface area contributed by atoms with E-state index in [1.807, 2.05) is 18.4 Å². The summed E-state index contributed by atoms with van der Waals surface area (Å²) in [6.07, 6.45) is 2.11. The van der Waals surface area contributed by atoms with Gasteiger partial charge in [0.1, 0.15) is 11.5 Å². The summed E-state index contributed by atoms with van der Waals surface area (Å²) in [5.74, 6) is 1.84. The molecule has 10 nitrogen and oxygen atoms in total. The van der Waals surface area contributed by atoms with Gasteiger partial charge in [-0.2, -0.15) is 0 Å². The van der Waals surface area contributed by atoms with Crippen molar-refractivity contribution >= 4 is 57.5 Å². The van der Waals surface area contributed by atoms with Gasteiger partial charge in [-0.1, -0.05) is 0 Å². The van der Waals surface area contributed by atoms with E-state index in [1.54, 1.807) is 48.5 Å². The van der Waals surface area contributed by atoms with Crippen LogP contribution in [-0.4, -0.2) is 27.4 Å². The SMILES string of the molecule is Cc1csc(NC(=O)Nc2ccc(Oc3ccc4[nH]c(N(C=O)c5ccco5)nc4c3)cc2)n1. The average Bonchev–Trinajstić information content (AvgIpc) is 3.57. The number of nitrogens with one attached hydrogen (secondary N) is 3. The Morgan fingerprint density at radius 1 is 1.12 bits per heavy atom. The molecule has 0 aliphatic heterocycles. The topological polar surface area (TPSA) is 125 Å². The monoisotopic (exact) mass is 474 g/mol. The van der Waals surface area contributed by atoms with Crippen molar-refractivity contribution in [3.05, 3.63) is 71.9 Å². The zero-order chi connectivity index (χ0) is 23.5. The lowest BCUT2D eigenvalue weighted by Crippen LogP contribution is -2.19. The predicted octanol–water partition coefficient (Wildman–Crippen LogP) is 5.65. The normalized spacial score (nSPS) is 10.7. The molecule has 3 heterocycles. The maximum Gasteiger partial charge on any atom is 0.325 e. The fraction of sp³-hybridized carbons (Fsp3) is 0.0435. The number of hydrogen-bond acceptors (Lipinski definition) is 7. The lowest BCUT2D eigenvalue weighted by Gasteiger charge is -2.09. The van der Waals surface area contributed by atoms with Gasteiger partial charge in [0.2, 0.25) is 18.2 Å². The Hall–Kier alpha value is -4.64. The summed E-state index contributed by atoms with van der Waals surface area (Å²) < 4.78 is 11.2. The van der Waals surface area contributed by atoms with Gasteiger partial charge in [-0.25, -0.2) is 19.7 Å². The van der Waals surface area contributed by atoms with E-state index in [4.69, 9.17) is 9.15 Å². The van der Waals surface area contributed by atoms with Gasteiger partial charge < -0.3 is 19.5 Å². The summed E-state index contributed by atoms with van der Waals surface area (Å²) in [6, 6.07) is 15.3. The van der Waals surface area contributed by atoms with E-state index < -0.39 is 0 Å². The minimum Gasteiger partial charge on any atom is -0.457 e. The third kappa shape index (κ3) is 4.59. The number of carbonyl (C=O) groups excluding carboxylic acids is 2. The Labute approximate surface area is 197 Å². The molecule has 34 heavy (non-hydrogen) atoms. The van der Waals surface area contributed by atoms with E-state index in [-0.39, 0.29) is 6.03 Å². The summed E-state index contributed by atoms with van der Waals surface area (Å²) in [5, 5.41) is 7.84. The largest absolute Gasteiger partial charge is 0.457 e. The number of furan rings is 1. The van der Waals surface area contributed by atoms with Crippen molar-refractivity contribution in [3.63, 3.8) is 0 Å². The first-order chi connectivity index (χ1) is 16.6. The molecular weight excluding hydrogens is 456 g/mol. The molecule has 3 amide bonds.